The van der Waals surface area contributed by atoms with E-state index in [2.05, 4.69) is 16.0 Å². The molecule has 2 heterocycles. The first kappa shape index (κ1) is 10.2. The molecule has 0 aliphatic rings. The zero-order valence-corrected chi connectivity index (χ0v) is 10.2. The number of anilines is 1. The normalized spacial score (nSPS) is 11.4. The van der Waals surface area contributed by atoms with E-state index in [-0.39, 0.29) is 0 Å². The first-order valence-electron chi connectivity index (χ1n) is 6.14. The summed E-state index contributed by atoms with van der Waals surface area (Å²) in [5, 5.41) is 1.16. The Bertz CT molecular complexity index is 885. The van der Waals surface area contributed by atoms with Gasteiger partial charge in [-0.2, -0.15) is 0 Å². The molecule has 4 aromatic rings. The SMILES string of the molecule is Nc1nc2ccccc2n1-c1cccc2cc[nH]c12. The number of aromatic nitrogens is 3. The third-order valence-corrected chi connectivity index (χ3v) is 3.39. The van der Waals surface area contributed by atoms with Gasteiger partial charge in [-0.15, -0.1) is 0 Å². The van der Waals surface area contributed by atoms with E-state index in [0.717, 1.165) is 27.6 Å². The van der Waals surface area contributed by atoms with E-state index in [1.165, 1.54) is 0 Å². The lowest BCUT2D eigenvalue weighted by atomic mass is 10.2. The molecule has 3 N–H and O–H groups in total. The lowest BCUT2D eigenvalue weighted by molar-refractivity contribution is 1.12. The lowest BCUT2D eigenvalue weighted by Gasteiger charge is -2.07. The number of rotatable bonds is 1. The molecule has 0 unspecified atom stereocenters. The quantitative estimate of drug-likeness (QED) is 0.543. The maximum atomic E-state index is 6.08. The molecule has 2 aromatic heterocycles. The molecule has 0 fully saturated rings. The van der Waals surface area contributed by atoms with E-state index < -0.39 is 0 Å². The molecular weight excluding hydrogens is 236 g/mol. The van der Waals surface area contributed by atoms with Crippen LogP contribution in [0, 0.1) is 0 Å². The van der Waals surface area contributed by atoms with E-state index in [0.29, 0.717) is 5.95 Å². The van der Waals surface area contributed by atoms with Crippen LogP contribution in [-0.4, -0.2) is 14.5 Å². The lowest BCUT2D eigenvalue weighted by Crippen LogP contribution is -2.01. The molecule has 0 amide bonds. The number of imidazole rings is 1. The number of hydrogen-bond acceptors (Lipinski definition) is 2. The summed E-state index contributed by atoms with van der Waals surface area (Å²) in [5.41, 5.74) is 10.1. The zero-order chi connectivity index (χ0) is 12.8. The van der Waals surface area contributed by atoms with Crippen LogP contribution in [0.4, 0.5) is 5.95 Å². The van der Waals surface area contributed by atoms with Crippen molar-refractivity contribution in [3.63, 3.8) is 0 Å². The van der Waals surface area contributed by atoms with Gasteiger partial charge < -0.3 is 10.7 Å². The Morgan fingerprint density at radius 3 is 2.84 bits per heavy atom. The molecule has 2 aromatic carbocycles. The highest BCUT2D eigenvalue weighted by Gasteiger charge is 2.12. The van der Waals surface area contributed by atoms with E-state index >= 15 is 0 Å². The van der Waals surface area contributed by atoms with Crippen LogP contribution >= 0.6 is 0 Å². The Morgan fingerprint density at radius 1 is 1.00 bits per heavy atom. The smallest absolute Gasteiger partial charge is 0.206 e. The third-order valence-electron chi connectivity index (χ3n) is 3.39. The highest BCUT2D eigenvalue weighted by atomic mass is 15.2. The molecule has 92 valence electrons. The fourth-order valence-corrected chi connectivity index (χ4v) is 2.55. The van der Waals surface area contributed by atoms with Gasteiger partial charge in [-0.3, -0.25) is 4.57 Å². The van der Waals surface area contributed by atoms with E-state index in [1.807, 2.05) is 53.2 Å². The summed E-state index contributed by atoms with van der Waals surface area (Å²) < 4.78 is 1.98. The van der Waals surface area contributed by atoms with Crippen LogP contribution in [0.1, 0.15) is 0 Å². The minimum Gasteiger partial charge on any atom is -0.369 e. The van der Waals surface area contributed by atoms with Crippen LogP contribution in [0.5, 0.6) is 0 Å². The van der Waals surface area contributed by atoms with Crippen molar-refractivity contribution in [3.8, 4) is 5.69 Å². The van der Waals surface area contributed by atoms with E-state index in [9.17, 15) is 0 Å². The second-order valence-electron chi connectivity index (χ2n) is 4.51. The molecule has 0 aliphatic carbocycles. The van der Waals surface area contributed by atoms with Crippen molar-refractivity contribution in [2.75, 3.05) is 5.73 Å². The number of para-hydroxylation sites is 3. The van der Waals surface area contributed by atoms with Crippen molar-refractivity contribution in [1.82, 2.24) is 14.5 Å². The van der Waals surface area contributed by atoms with Gasteiger partial charge in [0.25, 0.3) is 0 Å². The molecule has 0 bridgehead atoms. The standard InChI is InChI=1S/C15H12N4/c16-15-18-11-5-1-2-6-12(11)19(15)13-7-3-4-10-8-9-17-14(10)13/h1-9,17H,(H2,16,18). The number of benzene rings is 2. The summed E-state index contributed by atoms with van der Waals surface area (Å²) in [5.74, 6) is 0.503. The molecule has 0 radical (unpaired) electrons. The average molecular weight is 248 g/mol. The fraction of sp³-hybridized carbons (Fsp3) is 0. The number of nitrogens with one attached hydrogen (secondary N) is 1. The Kier molecular flexibility index (Phi) is 1.94. The van der Waals surface area contributed by atoms with Gasteiger partial charge in [0.15, 0.2) is 0 Å². The summed E-state index contributed by atoms with van der Waals surface area (Å²) >= 11 is 0. The van der Waals surface area contributed by atoms with Crippen molar-refractivity contribution >= 4 is 27.9 Å². The molecule has 0 saturated carbocycles. The number of nitrogens with zero attached hydrogens (tertiary/aromatic N) is 2. The minimum absolute atomic E-state index is 0.503. The predicted octanol–water partition coefficient (Wildman–Crippen LogP) is 3.09. The number of nitrogens with two attached hydrogens (primary N) is 1. The Morgan fingerprint density at radius 2 is 1.89 bits per heavy atom. The van der Waals surface area contributed by atoms with Gasteiger partial charge in [-0.05, 0) is 24.3 Å². The van der Waals surface area contributed by atoms with Gasteiger partial charge in [0.2, 0.25) is 5.95 Å². The monoisotopic (exact) mass is 248 g/mol. The van der Waals surface area contributed by atoms with Crippen LogP contribution in [0.25, 0.3) is 27.6 Å². The fourth-order valence-electron chi connectivity index (χ4n) is 2.55. The van der Waals surface area contributed by atoms with E-state index in [1.54, 1.807) is 0 Å². The number of aromatic amines is 1. The molecule has 4 heteroatoms. The molecule has 0 atom stereocenters. The molecule has 4 nitrogen and oxygen atoms in total. The van der Waals surface area contributed by atoms with Crippen LogP contribution < -0.4 is 5.73 Å². The average Bonchev–Trinajstić information content (AvgIpc) is 3.01. The van der Waals surface area contributed by atoms with Crippen molar-refractivity contribution in [2.45, 2.75) is 0 Å². The highest BCUT2D eigenvalue weighted by molar-refractivity contribution is 5.91. The van der Waals surface area contributed by atoms with Gasteiger partial charge >= 0.3 is 0 Å². The van der Waals surface area contributed by atoms with Gasteiger partial charge in [0, 0.05) is 11.6 Å². The molecule has 0 spiro atoms. The Labute approximate surface area is 109 Å². The molecule has 19 heavy (non-hydrogen) atoms. The van der Waals surface area contributed by atoms with Gasteiger partial charge in [0.05, 0.1) is 22.2 Å². The van der Waals surface area contributed by atoms with Crippen LogP contribution in [-0.2, 0) is 0 Å². The van der Waals surface area contributed by atoms with Gasteiger partial charge in [-0.1, -0.05) is 24.3 Å². The summed E-state index contributed by atoms with van der Waals surface area (Å²) in [6.45, 7) is 0. The second kappa shape index (κ2) is 3.62. The number of H-pyrrole nitrogens is 1. The second-order valence-corrected chi connectivity index (χ2v) is 4.51. The maximum Gasteiger partial charge on any atom is 0.206 e. The van der Waals surface area contributed by atoms with Crippen LogP contribution in [0.3, 0.4) is 0 Å². The molecule has 4 rings (SSSR count). The number of hydrogen-bond donors (Lipinski definition) is 2. The van der Waals surface area contributed by atoms with Crippen molar-refractivity contribution in [2.24, 2.45) is 0 Å². The zero-order valence-electron chi connectivity index (χ0n) is 10.2. The Balaban J connectivity index is 2.15. The highest BCUT2D eigenvalue weighted by Crippen LogP contribution is 2.27. The van der Waals surface area contributed by atoms with Crippen molar-refractivity contribution in [3.05, 3.63) is 54.7 Å². The van der Waals surface area contributed by atoms with E-state index in [4.69, 9.17) is 5.73 Å². The predicted molar refractivity (Wildman–Crippen MR) is 77.3 cm³/mol. The van der Waals surface area contributed by atoms with Gasteiger partial charge in [-0.25, -0.2) is 4.98 Å². The molecule has 0 saturated heterocycles. The largest absolute Gasteiger partial charge is 0.369 e. The molecule has 0 aliphatic heterocycles. The summed E-state index contributed by atoms with van der Waals surface area (Å²) in [6, 6.07) is 16.2. The summed E-state index contributed by atoms with van der Waals surface area (Å²) in [4.78, 5) is 7.67. The first-order chi connectivity index (χ1) is 9.34. The van der Waals surface area contributed by atoms with Crippen molar-refractivity contribution in [1.29, 1.82) is 0 Å². The molecular formula is C15H12N4. The minimum atomic E-state index is 0.503. The van der Waals surface area contributed by atoms with Gasteiger partial charge in [0.1, 0.15) is 0 Å². The maximum absolute atomic E-state index is 6.08. The topological polar surface area (TPSA) is 59.6 Å². The van der Waals surface area contributed by atoms with Crippen LogP contribution in [0.15, 0.2) is 54.7 Å². The summed E-state index contributed by atoms with van der Waals surface area (Å²) in [6.07, 6.45) is 1.93. The first-order valence-corrected chi connectivity index (χ1v) is 6.14. The third kappa shape index (κ3) is 1.37. The van der Waals surface area contributed by atoms with Crippen molar-refractivity contribution < 1.29 is 0 Å². The Hall–Kier alpha value is -2.75. The summed E-state index contributed by atoms with van der Waals surface area (Å²) in [7, 11) is 0. The van der Waals surface area contributed by atoms with Crippen LogP contribution in [0.2, 0.25) is 0 Å². The number of nitrogen functional groups attached to an aromatic ring is 1. The number of fused-ring (bicyclic) bond motifs is 2.